The van der Waals surface area contributed by atoms with Crippen LogP contribution in [0.3, 0.4) is 0 Å². The minimum absolute atomic E-state index is 0.228. The van der Waals surface area contributed by atoms with Crippen molar-refractivity contribution < 1.29 is 42.9 Å². The van der Waals surface area contributed by atoms with E-state index >= 15 is 0 Å². The highest BCUT2D eigenvalue weighted by molar-refractivity contribution is 5.91. The van der Waals surface area contributed by atoms with Crippen molar-refractivity contribution in [2.45, 2.75) is 37.9 Å². The van der Waals surface area contributed by atoms with E-state index in [1.54, 1.807) is 91.0 Å². The fourth-order valence-electron chi connectivity index (χ4n) is 3.96. The minimum atomic E-state index is -1.55. The Kier molecular flexibility index (Phi) is 8.18. The summed E-state index contributed by atoms with van der Waals surface area (Å²) < 4.78 is 28.2. The second-order valence-electron chi connectivity index (χ2n) is 8.78. The lowest BCUT2D eigenvalue weighted by atomic mass is 9.97. The summed E-state index contributed by atoms with van der Waals surface area (Å²) in [6, 6.07) is 24.6. The molecule has 1 heterocycles. The van der Waals surface area contributed by atoms with Gasteiger partial charge >= 0.3 is 23.9 Å². The van der Waals surface area contributed by atoms with Crippen LogP contribution in [0.15, 0.2) is 91.0 Å². The van der Waals surface area contributed by atoms with Crippen LogP contribution >= 0.6 is 0 Å². The maximum atomic E-state index is 13.0. The molecule has 0 N–H and O–H groups in total. The molecule has 0 saturated carbocycles. The summed E-state index contributed by atoms with van der Waals surface area (Å²) >= 11 is 0. The smallest absolute Gasteiger partial charge is 0.338 e. The molecule has 1 saturated heterocycles. The van der Waals surface area contributed by atoms with Gasteiger partial charge in [-0.3, -0.25) is 4.79 Å². The zero-order valence-corrected chi connectivity index (χ0v) is 20.8. The molecule has 0 radical (unpaired) electrons. The summed E-state index contributed by atoms with van der Waals surface area (Å²) in [7, 11) is 0. The van der Waals surface area contributed by atoms with E-state index in [0.717, 1.165) is 6.92 Å². The van der Waals surface area contributed by atoms with E-state index in [0.29, 0.717) is 5.56 Å². The van der Waals surface area contributed by atoms with Crippen LogP contribution in [0.5, 0.6) is 0 Å². The summed E-state index contributed by atoms with van der Waals surface area (Å²) in [6.45, 7) is 2.28. The quantitative estimate of drug-likeness (QED) is 0.323. The first-order valence-corrected chi connectivity index (χ1v) is 11.9. The second-order valence-corrected chi connectivity index (χ2v) is 8.78. The monoisotopic (exact) mass is 518 g/mol. The molecule has 38 heavy (non-hydrogen) atoms. The predicted molar refractivity (Wildman–Crippen MR) is 133 cm³/mol. The highest BCUT2D eigenvalue weighted by Crippen LogP contribution is 2.37. The van der Waals surface area contributed by atoms with Gasteiger partial charge < -0.3 is 23.7 Å². The molecule has 0 unspecified atom stereocenters. The molecule has 4 atom stereocenters. The molecule has 4 rings (SSSR count). The largest absolute Gasteiger partial charge is 0.459 e. The Morgan fingerprint density at radius 3 is 1.61 bits per heavy atom. The average Bonchev–Trinajstić information content (AvgIpc) is 3.18. The first-order chi connectivity index (χ1) is 18.3. The van der Waals surface area contributed by atoms with Crippen molar-refractivity contribution in [2.75, 3.05) is 6.61 Å². The molecule has 0 aliphatic carbocycles. The maximum absolute atomic E-state index is 13.0. The van der Waals surface area contributed by atoms with Gasteiger partial charge in [0.1, 0.15) is 12.2 Å². The molecule has 1 fully saturated rings. The van der Waals surface area contributed by atoms with Gasteiger partial charge in [0.15, 0.2) is 6.10 Å². The highest BCUT2D eigenvalue weighted by Gasteiger charge is 2.59. The molecule has 0 aromatic heterocycles. The maximum Gasteiger partial charge on any atom is 0.338 e. The van der Waals surface area contributed by atoms with Gasteiger partial charge in [0.05, 0.1) is 16.7 Å². The molecule has 0 bridgehead atoms. The predicted octanol–water partition coefficient (Wildman–Crippen LogP) is 3.97. The molecule has 196 valence electrons. The van der Waals surface area contributed by atoms with Crippen LogP contribution in [-0.4, -0.2) is 54.6 Å². The van der Waals surface area contributed by atoms with Crippen molar-refractivity contribution in [3.05, 3.63) is 108 Å². The molecule has 3 aromatic rings. The number of rotatable bonds is 8. The fourth-order valence-corrected chi connectivity index (χ4v) is 3.96. The van der Waals surface area contributed by atoms with Gasteiger partial charge in [-0.25, -0.2) is 14.4 Å². The van der Waals surface area contributed by atoms with Gasteiger partial charge in [-0.2, -0.15) is 0 Å². The van der Waals surface area contributed by atoms with Crippen molar-refractivity contribution in [3.8, 4) is 0 Å². The van der Waals surface area contributed by atoms with Crippen molar-refractivity contribution in [1.82, 2.24) is 0 Å². The van der Waals surface area contributed by atoms with E-state index in [2.05, 4.69) is 0 Å². The van der Waals surface area contributed by atoms with E-state index in [9.17, 15) is 19.2 Å². The Bertz CT molecular complexity index is 1280. The molecular weight excluding hydrogens is 492 g/mol. The van der Waals surface area contributed by atoms with E-state index in [4.69, 9.17) is 23.7 Å². The average molecular weight is 519 g/mol. The lowest BCUT2D eigenvalue weighted by Gasteiger charge is -2.30. The lowest BCUT2D eigenvalue weighted by Crippen LogP contribution is -2.49. The second kappa shape index (κ2) is 11.7. The molecule has 0 amide bonds. The van der Waals surface area contributed by atoms with E-state index < -0.39 is 54.6 Å². The summed E-state index contributed by atoms with van der Waals surface area (Å²) in [5, 5.41) is 0. The fraction of sp³-hybridized carbons (Fsp3) is 0.241. The van der Waals surface area contributed by atoms with Crippen LogP contribution in [0, 0.1) is 0 Å². The molecule has 9 heteroatoms. The van der Waals surface area contributed by atoms with Crippen LogP contribution in [0.4, 0.5) is 0 Å². The third kappa shape index (κ3) is 6.24. The van der Waals surface area contributed by atoms with Gasteiger partial charge in [0.25, 0.3) is 0 Å². The SMILES string of the molecule is CC(=O)O[C@@H]1O[C@](C)(COC(=O)c2ccccc2)[C@@H](OC(=O)c2ccccc2)[C@H]1OC(=O)c1ccccc1. The van der Waals surface area contributed by atoms with Crippen LogP contribution in [-0.2, 0) is 28.5 Å². The van der Waals surface area contributed by atoms with Crippen LogP contribution in [0.25, 0.3) is 0 Å². The van der Waals surface area contributed by atoms with Crippen LogP contribution < -0.4 is 0 Å². The van der Waals surface area contributed by atoms with E-state index in [-0.39, 0.29) is 11.1 Å². The van der Waals surface area contributed by atoms with Gasteiger partial charge in [-0.1, -0.05) is 54.6 Å². The highest BCUT2D eigenvalue weighted by atomic mass is 16.8. The van der Waals surface area contributed by atoms with E-state index in [1.807, 2.05) is 0 Å². The molecule has 9 nitrogen and oxygen atoms in total. The number of hydrogen-bond donors (Lipinski definition) is 0. The lowest BCUT2D eigenvalue weighted by molar-refractivity contribution is -0.201. The van der Waals surface area contributed by atoms with Crippen LogP contribution in [0.2, 0.25) is 0 Å². The number of carbonyl (C=O) groups excluding carboxylic acids is 4. The molecular formula is C29H26O9. The van der Waals surface area contributed by atoms with Crippen molar-refractivity contribution in [3.63, 3.8) is 0 Å². The Labute approximate surface area is 219 Å². The number of carbonyl (C=O) groups is 4. The Morgan fingerprint density at radius 1 is 0.684 bits per heavy atom. The number of benzene rings is 3. The third-order valence-corrected chi connectivity index (χ3v) is 5.83. The van der Waals surface area contributed by atoms with Crippen LogP contribution in [0.1, 0.15) is 44.9 Å². The first-order valence-electron chi connectivity index (χ1n) is 11.9. The van der Waals surface area contributed by atoms with Gasteiger partial charge in [0, 0.05) is 6.92 Å². The zero-order valence-electron chi connectivity index (χ0n) is 20.8. The number of esters is 4. The number of hydrogen-bond acceptors (Lipinski definition) is 9. The topological polar surface area (TPSA) is 114 Å². The first kappa shape index (κ1) is 26.6. The molecule has 0 spiro atoms. The summed E-state index contributed by atoms with van der Waals surface area (Å²) in [5.74, 6) is -2.83. The minimum Gasteiger partial charge on any atom is -0.459 e. The summed E-state index contributed by atoms with van der Waals surface area (Å²) in [6.07, 6.45) is -4.11. The normalized spacial score (nSPS) is 22.2. The standard InChI is InChI=1S/C29H26O9/c1-19(30)35-28-23(36-26(32)21-14-8-4-9-15-21)24(37-27(33)22-16-10-5-11-17-22)29(2,38-28)18-34-25(31)20-12-6-3-7-13-20/h3-17,23-24,28H,18H2,1-2H3/t23-,24+,28-,29-/m1/s1. The Morgan fingerprint density at radius 2 is 1.13 bits per heavy atom. The van der Waals surface area contributed by atoms with Gasteiger partial charge in [-0.05, 0) is 43.3 Å². The van der Waals surface area contributed by atoms with Crippen molar-refractivity contribution in [1.29, 1.82) is 0 Å². The van der Waals surface area contributed by atoms with Gasteiger partial charge in [0.2, 0.25) is 12.4 Å². The zero-order chi connectivity index (χ0) is 27.1. The van der Waals surface area contributed by atoms with Crippen molar-refractivity contribution in [2.24, 2.45) is 0 Å². The summed E-state index contributed by atoms with van der Waals surface area (Å²) in [4.78, 5) is 50.5. The van der Waals surface area contributed by atoms with Gasteiger partial charge in [-0.15, -0.1) is 0 Å². The Hall–Kier alpha value is -4.50. The van der Waals surface area contributed by atoms with Crippen molar-refractivity contribution >= 4 is 23.9 Å². The van der Waals surface area contributed by atoms with E-state index in [1.165, 1.54) is 6.92 Å². The molecule has 3 aromatic carbocycles. The molecule has 1 aliphatic rings. The Balaban J connectivity index is 1.64. The number of ether oxygens (including phenoxy) is 5. The molecule has 1 aliphatic heterocycles. The third-order valence-electron chi connectivity index (χ3n) is 5.83. The summed E-state index contributed by atoms with van der Waals surface area (Å²) in [5.41, 5.74) is -0.779.